The number of nitrogens with zero attached hydrogens (tertiary/aromatic N) is 1. The van der Waals surface area contributed by atoms with Crippen molar-refractivity contribution in [1.82, 2.24) is 4.31 Å². The second kappa shape index (κ2) is 5.65. The van der Waals surface area contributed by atoms with E-state index in [4.69, 9.17) is 10.5 Å². The highest BCUT2D eigenvalue weighted by Crippen LogP contribution is 2.31. The Labute approximate surface area is 124 Å². The van der Waals surface area contributed by atoms with Gasteiger partial charge in [0, 0.05) is 12.2 Å². The minimum atomic E-state index is -3.74. The van der Waals surface area contributed by atoms with Gasteiger partial charge in [-0.25, -0.2) is 8.42 Å². The van der Waals surface area contributed by atoms with Crippen LogP contribution in [0.15, 0.2) is 17.0 Å². The molecule has 116 valence electrons. The van der Waals surface area contributed by atoms with E-state index in [2.05, 4.69) is 0 Å². The summed E-state index contributed by atoms with van der Waals surface area (Å²) in [5, 5.41) is 0. The van der Waals surface area contributed by atoms with Gasteiger partial charge >= 0.3 is 5.97 Å². The summed E-state index contributed by atoms with van der Waals surface area (Å²) in [6, 6.07) is 2.52. The van der Waals surface area contributed by atoms with E-state index in [1.807, 2.05) is 0 Å². The molecule has 1 unspecified atom stereocenters. The fourth-order valence-corrected chi connectivity index (χ4v) is 4.97. The number of nitrogens with two attached hydrogens (primary N) is 1. The zero-order valence-corrected chi connectivity index (χ0v) is 13.2. The van der Waals surface area contributed by atoms with Crippen molar-refractivity contribution in [3.63, 3.8) is 0 Å². The van der Waals surface area contributed by atoms with Gasteiger partial charge in [-0.15, -0.1) is 0 Å². The largest absolute Gasteiger partial charge is 0.468 e. The van der Waals surface area contributed by atoms with Crippen LogP contribution in [0, 0.1) is 13.8 Å². The third-order valence-electron chi connectivity index (χ3n) is 3.73. The van der Waals surface area contributed by atoms with Crippen LogP contribution in [-0.2, 0) is 19.6 Å². The molecular weight excluding hydrogens is 292 g/mol. The van der Waals surface area contributed by atoms with Gasteiger partial charge in [-0.1, -0.05) is 0 Å². The Kier molecular flexibility index (Phi) is 4.25. The Morgan fingerprint density at radius 1 is 1.33 bits per heavy atom. The first-order chi connectivity index (χ1) is 9.78. The molecular formula is C14H20N2O4S. The Balaban J connectivity index is 2.50. The van der Waals surface area contributed by atoms with Crippen LogP contribution < -0.4 is 5.73 Å². The monoisotopic (exact) mass is 312 g/mol. The molecule has 21 heavy (non-hydrogen) atoms. The number of sulfonamides is 1. The molecule has 0 aliphatic carbocycles. The smallest absolute Gasteiger partial charge is 0.324 e. The van der Waals surface area contributed by atoms with Crippen LogP contribution in [0.4, 0.5) is 5.69 Å². The summed E-state index contributed by atoms with van der Waals surface area (Å²) < 4.78 is 31.7. The Bertz CT molecular complexity index is 647. The van der Waals surface area contributed by atoms with Gasteiger partial charge in [0.15, 0.2) is 0 Å². The standard InChI is InChI=1S/C14H20N2O4S/c1-9-7-11(15)8-10(2)13(9)21(18,19)16-6-4-5-12(16)14(17)20-3/h7-8,12H,4-6,15H2,1-3H3. The van der Waals surface area contributed by atoms with E-state index in [1.54, 1.807) is 26.0 Å². The third kappa shape index (κ3) is 2.75. The van der Waals surface area contributed by atoms with Crippen molar-refractivity contribution < 1.29 is 17.9 Å². The molecule has 1 aliphatic heterocycles. The van der Waals surface area contributed by atoms with E-state index >= 15 is 0 Å². The Hall–Kier alpha value is -1.60. The molecule has 1 aliphatic rings. The molecule has 0 radical (unpaired) electrons. The number of anilines is 1. The number of aryl methyl sites for hydroxylation is 2. The lowest BCUT2D eigenvalue weighted by atomic mass is 10.1. The molecule has 0 amide bonds. The quantitative estimate of drug-likeness (QED) is 0.669. The van der Waals surface area contributed by atoms with Gasteiger partial charge in [-0.3, -0.25) is 4.79 Å². The number of hydrogen-bond acceptors (Lipinski definition) is 5. The second-order valence-corrected chi connectivity index (χ2v) is 7.11. The zero-order valence-electron chi connectivity index (χ0n) is 12.4. The van der Waals surface area contributed by atoms with E-state index in [0.717, 1.165) is 0 Å². The van der Waals surface area contributed by atoms with Crippen molar-refractivity contribution in [3.8, 4) is 0 Å². The van der Waals surface area contributed by atoms with E-state index in [1.165, 1.54) is 11.4 Å². The topological polar surface area (TPSA) is 89.7 Å². The van der Waals surface area contributed by atoms with Crippen LogP contribution in [0.25, 0.3) is 0 Å². The molecule has 1 heterocycles. The van der Waals surface area contributed by atoms with E-state index in [0.29, 0.717) is 36.2 Å². The lowest BCUT2D eigenvalue weighted by Crippen LogP contribution is -2.41. The van der Waals surface area contributed by atoms with Gasteiger partial charge in [0.1, 0.15) is 6.04 Å². The maximum absolute atomic E-state index is 12.9. The van der Waals surface area contributed by atoms with Gasteiger partial charge in [0.05, 0.1) is 12.0 Å². The lowest BCUT2D eigenvalue weighted by Gasteiger charge is -2.24. The fourth-order valence-electron chi connectivity index (χ4n) is 2.91. The lowest BCUT2D eigenvalue weighted by molar-refractivity contribution is -0.144. The van der Waals surface area contributed by atoms with Crippen molar-refractivity contribution in [2.24, 2.45) is 0 Å². The molecule has 0 saturated carbocycles. The van der Waals surface area contributed by atoms with E-state index in [-0.39, 0.29) is 4.90 Å². The van der Waals surface area contributed by atoms with Gasteiger partial charge < -0.3 is 10.5 Å². The summed E-state index contributed by atoms with van der Waals surface area (Å²) >= 11 is 0. The van der Waals surface area contributed by atoms with Gasteiger partial charge in [0.2, 0.25) is 10.0 Å². The average molecular weight is 312 g/mol. The van der Waals surface area contributed by atoms with Crippen molar-refractivity contribution >= 4 is 21.7 Å². The number of carbonyl (C=O) groups is 1. The molecule has 1 fully saturated rings. The predicted octanol–water partition coefficient (Wildman–Crippen LogP) is 1.21. The van der Waals surface area contributed by atoms with Crippen LogP contribution in [0.2, 0.25) is 0 Å². The van der Waals surface area contributed by atoms with E-state index in [9.17, 15) is 13.2 Å². The first-order valence-electron chi connectivity index (χ1n) is 6.75. The summed E-state index contributed by atoms with van der Waals surface area (Å²) in [4.78, 5) is 12.0. The first-order valence-corrected chi connectivity index (χ1v) is 8.19. The van der Waals surface area contributed by atoms with Crippen LogP contribution >= 0.6 is 0 Å². The summed E-state index contributed by atoms with van der Waals surface area (Å²) in [6.45, 7) is 3.74. The third-order valence-corrected chi connectivity index (χ3v) is 5.94. The summed E-state index contributed by atoms with van der Waals surface area (Å²) in [6.07, 6.45) is 1.13. The Morgan fingerprint density at radius 3 is 2.43 bits per heavy atom. The summed E-state index contributed by atoms with van der Waals surface area (Å²) in [5.41, 5.74) is 7.43. The number of nitrogen functional groups attached to an aromatic ring is 1. The molecule has 2 N–H and O–H groups in total. The van der Waals surface area contributed by atoms with Crippen molar-refractivity contribution in [1.29, 1.82) is 0 Å². The maximum Gasteiger partial charge on any atom is 0.324 e. The van der Waals surface area contributed by atoms with Gasteiger partial charge in [-0.05, 0) is 49.9 Å². The molecule has 1 aromatic carbocycles. The molecule has 2 rings (SSSR count). The van der Waals surface area contributed by atoms with Crippen LogP contribution in [0.3, 0.4) is 0 Å². The van der Waals surface area contributed by atoms with Crippen LogP contribution in [-0.4, -0.2) is 38.4 Å². The number of ether oxygens (including phenoxy) is 1. The number of hydrogen-bond donors (Lipinski definition) is 1. The highest BCUT2D eigenvalue weighted by atomic mass is 32.2. The molecule has 0 aromatic heterocycles. The molecule has 0 spiro atoms. The van der Waals surface area contributed by atoms with Crippen molar-refractivity contribution in [2.45, 2.75) is 37.6 Å². The average Bonchev–Trinajstić information content (AvgIpc) is 2.86. The molecule has 1 atom stereocenters. The molecule has 1 aromatic rings. The maximum atomic E-state index is 12.9. The number of esters is 1. The predicted molar refractivity (Wildman–Crippen MR) is 79.3 cm³/mol. The highest BCUT2D eigenvalue weighted by Gasteiger charge is 2.41. The van der Waals surface area contributed by atoms with Gasteiger partial charge in [0.25, 0.3) is 0 Å². The summed E-state index contributed by atoms with van der Waals surface area (Å²) in [7, 11) is -2.48. The molecule has 1 saturated heterocycles. The highest BCUT2D eigenvalue weighted by molar-refractivity contribution is 7.89. The SMILES string of the molecule is COC(=O)C1CCCN1S(=O)(=O)c1c(C)cc(N)cc1C. The number of carbonyl (C=O) groups excluding carboxylic acids is 1. The minimum absolute atomic E-state index is 0.229. The molecule has 6 nitrogen and oxygen atoms in total. The Morgan fingerprint density at radius 2 is 1.90 bits per heavy atom. The number of methoxy groups -OCH3 is 1. The van der Waals surface area contributed by atoms with Crippen molar-refractivity contribution in [3.05, 3.63) is 23.3 Å². The summed E-state index contributed by atoms with van der Waals surface area (Å²) in [5.74, 6) is -0.512. The van der Waals surface area contributed by atoms with E-state index < -0.39 is 22.0 Å². The fraction of sp³-hybridized carbons (Fsp3) is 0.500. The second-order valence-electron chi connectivity index (χ2n) is 5.28. The molecule has 7 heteroatoms. The van der Waals surface area contributed by atoms with Crippen LogP contribution in [0.1, 0.15) is 24.0 Å². The van der Waals surface area contributed by atoms with Crippen LogP contribution in [0.5, 0.6) is 0 Å². The zero-order chi connectivity index (χ0) is 15.8. The minimum Gasteiger partial charge on any atom is -0.468 e. The van der Waals surface area contributed by atoms with Gasteiger partial charge in [-0.2, -0.15) is 4.31 Å². The van der Waals surface area contributed by atoms with Crippen molar-refractivity contribution in [2.75, 3.05) is 19.4 Å². The molecule has 0 bridgehead atoms. The number of rotatable bonds is 3. The first kappa shape index (κ1) is 15.8. The number of benzene rings is 1. The normalized spacial score (nSPS) is 19.7.